The van der Waals surface area contributed by atoms with Crippen LogP contribution in [-0.2, 0) is 24.6 Å². The number of amides is 2. The topological polar surface area (TPSA) is 83.4 Å². The van der Waals surface area contributed by atoms with Crippen LogP contribution in [0, 0.1) is 0 Å². The number of carbonyl (C=O) groups excluding carboxylic acids is 3. The molecule has 0 aliphatic carbocycles. The van der Waals surface area contributed by atoms with Gasteiger partial charge in [0.25, 0.3) is 5.91 Å². The molecule has 0 aliphatic heterocycles. The van der Waals surface area contributed by atoms with E-state index in [1.807, 2.05) is 60.7 Å². The first kappa shape index (κ1) is 32.9. The Labute approximate surface area is 270 Å². The molecule has 5 aromatic rings. The fourth-order valence-corrected chi connectivity index (χ4v) is 5.31. The molecule has 0 spiro atoms. The molecule has 1 atom stereocenters. The van der Waals surface area contributed by atoms with Crippen LogP contribution < -0.4 is 10.6 Å². The SMILES string of the molecule is CN(Cc1ccccc1)C(=O)[C@@H](NCC(=O)c1cc(NC(=O)c2ccccc2-c2ccc(C(F)(F)F)cc2)cn1C)c1ccccc1. The number of hydrogen-bond donors (Lipinski definition) is 2. The molecule has 1 aromatic heterocycles. The average molecular weight is 639 g/mol. The Morgan fingerprint density at radius 3 is 2.11 bits per heavy atom. The summed E-state index contributed by atoms with van der Waals surface area (Å²) in [7, 11) is 3.39. The monoisotopic (exact) mass is 638 g/mol. The number of likely N-dealkylation sites (N-methyl/N-ethyl adjacent to an activating group) is 1. The number of nitrogens with zero attached hydrogens (tertiary/aromatic N) is 2. The van der Waals surface area contributed by atoms with Gasteiger partial charge in [0, 0.05) is 32.4 Å². The van der Waals surface area contributed by atoms with Gasteiger partial charge in [-0.05, 0) is 46.5 Å². The predicted molar refractivity (Wildman–Crippen MR) is 175 cm³/mol. The number of aromatic nitrogens is 1. The first-order valence-corrected chi connectivity index (χ1v) is 14.9. The Bertz CT molecular complexity index is 1850. The van der Waals surface area contributed by atoms with Crippen LogP contribution in [0.4, 0.5) is 18.9 Å². The van der Waals surface area contributed by atoms with Gasteiger partial charge in [0.05, 0.1) is 23.5 Å². The van der Waals surface area contributed by atoms with Crippen LogP contribution in [0.5, 0.6) is 0 Å². The standard InChI is InChI=1S/C37H33F3N4O3/c1-43-24-29(42-35(46)31-16-10-9-15-30(31)26-17-19-28(20-18-26)37(38,39)40)21-32(43)33(45)22-41-34(27-13-7-4-8-14-27)36(47)44(2)23-25-11-5-3-6-12-25/h3-21,24,34,41H,22-23H2,1-2H3,(H,42,46)/t34-/m0/s1. The number of aryl methyl sites for hydroxylation is 1. The van der Waals surface area contributed by atoms with Crippen molar-refractivity contribution < 1.29 is 27.6 Å². The van der Waals surface area contributed by atoms with Crippen LogP contribution in [0.1, 0.15) is 43.6 Å². The van der Waals surface area contributed by atoms with Crippen molar-refractivity contribution in [3.63, 3.8) is 0 Å². The maximum atomic E-state index is 13.6. The van der Waals surface area contributed by atoms with Crippen molar-refractivity contribution >= 4 is 23.3 Å². The van der Waals surface area contributed by atoms with Gasteiger partial charge in [0.1, 0.15) is 6.04 Å². The van der Waals surface area contributed by atoms with Gasteiger partial charge in [-0.1, -0.05) is 91.0 Å². The summed E-state index contributed by atoms with van der Waals surface area (Å²) in [6.07, 6.45) is -2.87. The fraction of sp³-hybridized carbons (Fsp3) is 0.162. The van der Waals surface area contributed by atoms with Crippen LogP contribution in [0.3, 0.4) is 0 Å². The highest BCUT2D eigenvalue weighted by molar-refractivity contribution is 6.09. The number of halogens is 3. The molecule has 0 saturated heterocycles. The van der Waals surface area contributed by atoms with Crippen LogP contribution in [0.2, 0.25) is 0 Å². The number of Topliss-reactive ketones (excluding diaryl/α,β-unsaturated/α-hetero) is 1. The molecule has 0 fully saturated rings. The summed E-state index contributed by atoms with van der Waals surface area (Å²) in [5.41, 5.74) is 2.76. The van der Waals surface area contributed by atoms with E-state index in [4.69, 9.17) is 0 Å². The third-order valence-corrected chi connectivity index (χ3v) is 7.73. The zero-order valence-corrected chi connectivity index (χ0v) is 25.8. The fourth-order valence-electron chi connectivity index (χ4n) is 5.31. The van der Waals surface area contributed by atoms with Crippen molar-refractivity contribution in [1.82, 2.24) is 14.8 Å². The van der Waals surface area contributed by atoms with E-state index in [-0.39, 0.29) is 23.8 Å². The normalized spacial score (nSPS) is 11.9. The summed E-state index contributed by atoms with van der Waals surface area (Å²) < 4.78 is 40.8. The number of ketones is 1. The second-order valence-corrected chi connectivity index (χ2v) is 11.1. The zero-order valence-electron chi connectivity index (χ0n) is 25.8. The van der Waals surface area contributed by atoms with Crippen LogP contribution >= 0.6 is 0 Å². The molecule has 2 amide bonds. The van der Waals surface area contributed by atoms with E-state index < -0.39 is 23.7 Å². The van der Waals surface area contributed by atoms with Gasteiger partial charge in [-0.3, -0.25) is 19.7 Å². The maximum absolute atomic E-state index is 13.6. The maximum Gasteiger partial charge on any atom is 0.416 e. The van der Waals surface area contributed by atoms with Crippen molar-refractivity contribution in [2.45, 2.75) is 18.8 Å². The first-order valence-electron chi connectivity index (χ1n) is 14.9. The molecule has 7 nitrogen and oxygen atoms in total. The van der Waals surface area contributed by atoms with Gasteiger partial charge in [0.2, 0.25) is 5.91 Å². The van der Waals surface area contributed by atoms with E-state index in [0.29, 0.717) is 29.1 Å². The first-order chi connectivity index (χ1) is 22.5. The second kappa shape index (κ2) is 14.3. The van der Waals surface area contributed by atoms with Gasteiger partial charge >= 0.3 is 6.18 Å². The molecule has 0 aliphatic rings. The van der Waals surface area contributed by atoms with Crippen molar-refractivity contribution in [2.24, 2.45) is 7.05 Å². The lowest BCUT2D eigenvalue weighted by Gasteiger charge is -2.25. The van der Waals surface area contributed by atoms with Gasteiger partial charge in [-0.2, -0.15) is 13.2 Å². The summed E-state index contributed by atoms with van der Waals surface area (Å²) in [5.74, 6) is -0.976. The van der Waals surface area contributed by atoms with Crippen LogP contribution in [0.15, 0.2) is 121 Å². The molecular formula is C37H33F3N4O3. The number of carbonyl (C=O) groups is 3. The minimum absolute atomic E-state index is 0.146. The molecule has 240 valence electrons. The molecule has 2 N–H and O–H groups in total. The molecular weight excluding hydrogens is 605 g/mol. The van der Waals surface area contributed by atoms with Crippen molar-refractivity contribution in [3.05, 3.63) is 149 Å². The third kappa shape index (κ3) is 8.03. The van der Waals surface area contributed by atoms with E-state index >= 15 is 0 Å². The Balaban J connectivity index is 1.28. The number of anilines is 1. The second-order valence-electron chi connectivity index (χ2n) is 11.1. The van der Waals surface area contributed by atoms with Crippen molar-refractivity contribution in [1.29, 1.82) is 0 Å². The molecule has 10 heteroatoms. The number of rotatable bonds is 11. The largest absolute Gasteiger partial charge is 0.416 e. The smallest absolute Gasteiger partial charge is 0.346 e. The van der Waals surface area contributed by atoms with E-state index in [1.54, 1.807) is 60.1 Å². The van der Waals surface area contributed by atoms with E-state index in [9.17, 15) is 27.6 Å². The number of alkyl halides is 3. The molecule has 5 rings (SSSR count). The molecule has 0 bridgehead atoms. The summed E-state index contributed by atoms with van der Waals surface area (Å²) in [6, 6.07) is 30.8. The van der Waals surface area contributed by atoms with Gasteiger partial charge in [-0.15, -0.1) is 0 Å². The zero-order chi connectivity index (χ0) is 33.6. The van der Waals surface area contributed by atoms with Gasteiger partial charge < -0.3 is 14.8 Å². The number of hydrogen-bond acceptors (Lipinski definition) is 4. The highest BCUT2D eigenvalue weighted by Gasteiger charge is 2.30. The highest BCUT2D eigenvalue weighted by Crippen LogP contribution is 2.32. The Hall–Kier alpha value is -5.48. The molecule has 1 heterocycles. The minimum atomic E-state index is -4.47. The number of benzene rings is 4. The number of nitrogens with one attached hydrogen (secondary N) is 2. The minimum Gasteiger partial charge on any atom is -0.346 e. The Morgan fingerprint density at radius 1 is 0.830 bits per heavy atom. The van der Waals surface area contributed by atoms with Crippen molar-refractivity contribution in [3.8, 4) is 11.1 Å². The molecule has 0 saturated carbocycles. The van der Waals surface area contributed by atoms with Gasteiger partial charge in [0.15, 0.2) is 5.78 Å². The lowest BCUT2D eigenvalue weighted by Crippen LogP contribution is -2.40. The average Bonchev–Trinajstić information content (AvgIpc) is 3.44. The Kier molecular flexibility index (Phi) is 10.0. The van der Waals surface area contributed by atoms with E-state index in [2.05, 4.69) is 10.6 Å². The Morgan fingerprint density at radius 2 is 1.45 bits per heavy atom. The van der Waals surface area contributed by atoms with E-state index in [1.165, 1.54) is 12.1 Å². The van der Waals surface area contributed by atoms with E-state index in [0.717, 1.165) is 23.3 Å². The van der Waals surface area contributed by atoms with Crippen LogP contribution in [0.25, 0.3) is 11.1 Å². The van der Waals surface area contributed by atoms with Crippen molar-refractivity contribution in [2.75, 3.05) is 18.9 Å². The molecule has 0 radical (unpaired) electrons. The summed E-state index contributed by atoms with van der Waals surface area (Å²) in [6.45, 7) is 0.258. The summed E-state index contributed by atoms with van der Waals surface area (Å²) in [4.78, 5) is 41.9. The third-order valence-electron chi connectivity index (χ3n) is 7.73. The lowest BCUT2D eigenvalue weighted by molar-refractivity contribution is -0.137. The van der Waals surface area contributed by atoms with Gasteiger partial charge in [-0.25, -0.2) is 0 Å². The quantitative estimate of drug-likeness (QED) is 0.151. The highest BCUT2D eigenvalue weighted by atomic mass is 19.4. The molecule has 47 heavy (non-hydrogen) atoms. The lowest BCUT2D eigenvalue weighted by atomic mass is 9.98. The molecule has 4 aromatic carbocycles. The summed E-state index contributed by atoms with van der Waals surface area (Å²) in [5, 5.41) is 5.92. The summed E-state index contributed by atoms with van der Waals surface area (Å²) >= 11 is 0. The predicted octanol–water partition coefficient (Wildman–Crippen LogP) is 7.14. The molecule has 0 unspecified atom stereocenters. The van der Waals surface area contributed by atoms with Crippen LogP contribution in [-0.4, -0.2) is 40.7 Å².